The molecule has 2 amide bonds. The van der Waals surface area contributed by atoms with Crippen molar-refractivity contribution in [3.05, 3.63) is 87.9 Å². The van der Waals surface area contributed by atoms with Crippen LogP contribution in [0, 0.1) is 6.92 Å². The monoisotopic (exact) mass is 619 g/mol. The largest absolute Gasteiger partial charge is 0.497 e. The van der Waals surface area contributed by atoms with Gasteiger partial charge in [-0.05, 0) is 74.4 Å². The van der Waals surface area contributed by atoms with E-state index in [2.05, 4.69) is 5.32 Å². The Morgan fingerprint density at radius 3 is 2.22 bits per heavy atom. The summed E-state index contributed by atoms with van der Waals surface area (Å²) in [6.07, 6.45) is 1.69. The fraction of sp³-hybridized carbons (Fsp3) is 0.333. The molecule has 0 aliphatic rings. The Morgan fingerprint density at radius 1 is 0.976 bits per heavy atom. The fourth-order valence-electron chi connectivity index (χ4n) is 4.07. The number of carbonyl (C=O) groups excluding carboxylic acids is 2. The number of nitrogens with zero attached hydrogens (tertiary/aromatic N) is 2. The fourth-order valence-corrected chi connectivity index (χ4v) is 5.80. The number of amides is 2. The molecule has 41 heavy (non-hydrogen) atoms. The van der Waals surface area contributed by atoms with E-state index in [0.717, 1.165) is 22.7 Å². The van der Waals surface area contributed by atoms with Gasteiger partial charge in [-0.1, -0.05) is 60.3 Å². The van der Waals surface area contributed by atoms with Gasteiger partial charge in [0.2, 0.25) is 11.8 Å². The van der Waals surface area contributed by atoms with E-state index in [1.807, 2.05) is 13.8 Å². The molecule has 0 saturated carbocycles. The minimum Gasteiger partial charge on any atom is -0.497 e. The zero-order valence-corrected chi connectivity index (χ0v) is 25.9. The van der Waals surface area contributed by atoms with E-state index in [9.17, 15) is 18.0 Å². The molecule has 3 aromatic rings. The van der Waals surface area contributed by atoms with Gasteiger partial charge in [0.25, 0.3) is 10.0 Å². The number of nitrogens with one attached hydrogen (secondary N) is 1. The van der Waals surface area contributed by atoms with Crippen LogP contribution < -0.4 is 14.4 Å². The molecular formula is C30H35Cl2N3O5S. The lowest BCUT2D eigenvalue weighted by atomic mass is 10.1. The van der Waals surface area contributed by atoms with Crippen LogP contribution in [-0.2, 0) is 26.2 Å². The molecule has 3 rings (SSSR count). The first kappa shape index (κ1) is 32.2. The van der Waals surface area contributed by atoms with Crippen molar-refractivity contribution < 1.29 is 22.7 Å². The molecule has 0 spiro atoms. The Bertz CT molecular complexity index is 1450. The Hall–Kier alpha value is -3.27. The van der Waals surface area contributed by atoms with Crippen LogP contribution in [0.5, 0.6) is 5.75 Å². The number of methoxy groups -OCH3 is 1. The number of hydrogen-bond acceptors (Lipinski definition) is 5. The van der Waals surface area contributed by atoms with E-state index in [1.165, 1.54) is 24.1 Å². The zero-order chi connectivity index (χ0) is 30.2. The zero-order valence-electron chi connectivity index (χ0n) is 23.6. The van der Waals surface area contributed by atoms with Crippen LogP contribution in [0.15, 0.2) is 71.6 Å². The summed E-state index contributed by atoms with van der Waals surface area (Å²) < 4.78 is 34.0. The van der Waals surface area contributed by atoms with E-state index in [4.69, 9.17) is 27.9 Å². The molecule has 8 nitrogen and oxygen atoms in total. The molecule has 0 saturated heterocycles. The number of rotatable bonds is 13. The average Bonchev–Trinajstić information content (AvgIpc) is 2.96. The topological polar surface area (TPSA) is 96.0 Å². The summed E-state index contributed by atoms with van der Waals surface area (Å²) in [6.45, 7) is 5.46. The second kappa shape index (κ2) is 14.6. The second-order valence-corrected chi connectivity index (χ2v) is 12.3. The van der Waals surface area contributed by atoms with Crippen molar-refractivity contribution in [2.75, 3.05) is 24.5 Å². The molecule has 1 N–H and O–H groups in total. The predicted molar refractivity (Wildman–Crippen MR) is 163 cm³/mol. The highest BCUT2D eigenvalue weighted by Gasteiger charge is 2.32. The van der Waals surface area contributed by atoms with Crippen LogP contribution in [0.3, 0.4) is 0 Å². The molecule has 0 bridgehead atoms. The number of benzene rings is 3. The molecular weight excluding hydrogens is 585 g/mol. The number of carbonyl (C=O) groups is 2. The molecule has 11 heteroatoms. The highest BCUT2D eigenvalue weighted by atomic mass is 35.5. The molecule has 1 unspecified atom stereocenters. The standard InChI is InChI=1S/C30H35Cl2N3O5S/c1-5-6-17-33-30(37)22(3)34(19-23-9-16-27(31)28(32)18-23)29(36)20-35(24-10-7-21(2)8-11-24)41(38,39)26-14-12-25(40-4)13-15-26/h7-16,18,22H,5-6,17,19-20H2,1-4H3,(H,33,37). The number of unbranched alkanes of at least 4 members (excludes halogenated alkanes) is 1. The van der Waals surface area contributed by atoms with E-state index in [0.29, 0.717) is 33.6 Å². The van der Waals surface area contributed by atoms with Crippen molar-refractivity contribution >= 4 is 50.7 Å². The van der Waals surface area contributed by atoms with Crippen LogP contribution in [0.2, 0.25) is 10.0 Å². The SMILES string of the molecule is CCCCNC(=O)C(C)N(Cc1ccc(Cl)c(Cl)c1)C(=O)CN(c1ccc(C)cc1)S(=O)(=O)c1ccc(OC)cc1. The molecule has 220 valence electrons. The lowest BCUT2D eigenvalue weighted by molar-refractivity contribution is -0.139. The molecule has 0 radical (unpaired) electrons. The molecule has 0 heterocycles. The van der Waals surface area contributed by atoms with Crippen LogP contribution in [0.1, 0.15) is 37.8 Å². The molecule has 0 aromatic heterocycles. The number of halogens is 2. The van der Waals surface area contributed by atoms with Gasteiger partial charge in [0.05, 0.1) is 27.7 Å². The van der Waals surface area contributed by atoms with Crippen molar-refractivity contribution in [3.63, 3.8) is 0 Å². The smallest absolute Gasteiger partial charge is 0.264 e. The number of anilines is 1. The molecule has 0 aliphatic carbocycles. The average molecular weight is 621 g/mol. The normalized spacial score (nSPS) is 12.0. The Kier molecular flexibility index (Phi) is 11.5. The summed E-state index contributed by atoms with van der Waals surface area (Å²) in [5.74, 6) is -0.406. The maximum absolute atomic E-state index is 14.0. The van der Waals surface area contributed by atoms with Gasteiger partial charge in [-0.15, -0.1) is 0 Å². The maximum atomic E-state index is 14.0. The van der Waals surface area contributed by atoms with E-state index in [-0.39, 0.29) is 17.3 Å². The van der Waals surface area contributed by atoms with Gasteiger partial charge in [-0.2, -0.15) is 0 Å². The first-order valence-electron chi connectivity index (χ1n) is 13.2. The van der Waals surface area contributed by atoms with Crippen molar-refractivity contribution in [1.29, 1.82) is 0 Å². The number of ether oxygens (including phenoxy) is 1. The van der Waals surface area contributed by atoms with Crippen molar-refractivity contribution in [2.45, 2.75) is 51.1 Å². The van der Waals surface area contributed by atoms with Crippen molar-refractivity contribution in [3.8, 4) is 5.75 Å². The number of hydrogen-bond donors (Lipinski definition) is 1. The lowest BCUT2D eigenvalue weighted by Gasteiger charge is -2.32. The summed E-state index contributed by atoms with van der Waals surface area (Å²) >= 11 is 12.3. The summed E-state index contributed by atoms with van der Waals surface area (Å²) in [6, 6.07) is 16.8. The van der Waals surface area contributed by atoms with Crippen molar-refractivity contribution in [1.82, 2.24) is 10.2 Å². The number of sulfonamides is 1. The third kappa shape index (κ3) is 8.38. The van der Waals surface area contributed by atoms with Gasteiger partial charge in [0.1, 0.15) is 18.3 Å². The van der Waals surface area contributed by atoms with Crippen LogP contribution in [-0.4, -0.2) is 51.4 Å². The summed E-state index contributed by atoms with van der Waals surface area (Å²) in [4.78, 5) is 28.4. The van der Waals surface area contributed by atoms with E-state index < -0.39 is 28.5 Å². The minimum absolute atomic E-state index is 0.00642. The predicted octanol–water partition coefficient (Wildman–Crippen LogP) is 5.84. The van der Waals surface area contributed by atoms with E-state index >= 15 is 0 Å². The Morgan fingerprint density at radius 2 is 1.63 bits per heavy atom. The molecule has 0 aliphatic heterocycles. The van der Waals surface area contributed by atoms with Crippen molar-refractivity contribution in [2.24, 2.45) is 0 Å². The Labute approximate surface area is 252 Å². The van der Waals surface area contributed by atoms with Gasteiger partial charge >= 0.3 is 0 Å². The van der Waals surface area contributed by atoms with Gasteiger partial charge in [-0.3, -0.25) is 13.9 Å². The third-order valence-electron chi connectivity index (χ3n) is 6.58. The highest BCUT2D eigenvalue weighted by molar-refractivity contribution is 7.92. The highest BCUT2D eigenvalue weighted by Crippen LogP contribution is 2.27. The summed E-state index contributed by atoms with van der Waals surface area (Å²) in [7, 11) is -2.69. The first-order chi connectivity index (χ1) is 19.5. The van der Waals surface area contributed by atoms with Gasteiger partial charge in [0.15, 0.2) is 0 Å². The summed E-state index contributed by atoms with van der Waals surface area (Å²) in [5.41, 5.74) is 1.88. The number of aryl methyl sites for hydroxylation is 1. The second-order valence-electron chi connectivity index (χ2n) is 9.61. The molecule has 0 fully saturated rings. The van der Waals surface area contributed by atoms with Gasteiger partial charge in [-0.25, -0.2) is 8.42 Å². The van der Waals surface area contributed by atoms with Crippen LogP contribution in [0.4, 0.5) is 5.69 Å². The Balaban J connectivity index is 2.01. The van der Waals surface area contributed by atoms with Crippen LogP contribution in [0.25, 0.3) is 0 Å². The summed E-state index contributed by atoms with van der Waals surface area (Å²) in [5, 5.41) is 3.52. The van der Waals surface area contributed by atoms with Gasteiger partial charge in [0, 0.05) is 13.1 Å². The molecule has 1 atom stereocenters. The minimum atomic E-state index is -4.18. The first-order valence-corrected chi connectivity index (χ1v) is 15.4. The van der Waals surface area contributed by atoms with Crippen LogP contribution >= 0.6 is 23.2 Å². The molecule has 3 aromatic carbocycles. The van der Waals surface area contributed by atoms with Gasteiger partial charge < -0.3 is 15.0 Å². The lowest BCUT2D eigenvalue weighted by Crippen LogP contribution is -2.51. The van der Waals surface area contributed by atoms with E-state index in [1.54, 1.807) is 61.5 Å². The third-order valence-corrected chi connectivity index (χ3v) is 9.11. The maximum Gasteiger partial charge on any atom is 0.264 e. The quantitative estimate of drug-likeness (QED) is 0.243.